The van der Waals surface area contributed by atoms with Crippen LogP contribution in [0.25, 0.3) is 11.3 Å². The van der Waals surface area contributed by atoms with Gasteiger partial charge in [-0.2, -0.15) is 0 Å². The average Bonchev–Trinajstić information content (AvgIpc) is 3.03. The Kier molecular flexibility index (Phi) is 4.49. The molecular formula is C19H16ClNO2. The first-order valence-electron chi connectivity index (χ1n) is 7.31. The molecule has 0 spiro atoms. The number of rotatable bonds is 4. The molecule has 3 rings (SSSR count). The van der Waals surface area contributed by atoms with E-state index in [4.69, 9.17) is 16.0 Å². The Bertz CT molecular complexity index is 804. The predicted molar refractivity (Wildman–Crippen MR) is 91.5 cm³/mol. The highest BCUT2D eigenvalue weighted by molar-refractivity contribution is 6.30. The molecule has 0 aliphatic rings. The zero-order valence-corrected chi connectivity index (χ0v) is 13.4. The van der Waals surface area contributed by atoms with Crippen molar-refractivity contribution in [3.05, 3.63) is 82.6 Å². The third-order valence-electron chi connectivity index (χ3n) is 3.53. The van der Waals surface area contributed by atoms with Crippen LogP contribution in [0.3, 0.4) is 0 Å². The average molecular weight is 326 g/mol. The lowest BCUT2D eigenvalue weighted by Gasteiger charge is -2.04. The molecule has 4 heteroatoms. The SMILES string of the molecule is Cc1ccc(C(=O)NCc2ccc(-c3ccc(Cl)cc3)o2)cc1. The summed E-state index contributed by atoms with van der Waals surface area (Å²) in [6.45, 7) is 2.34. The van der Waals surface area contributed by atoms with E-state index in [1.165, 1.54) is 0 Å². The first kappa shape index (κ1) is 15.4. The second kappa shape index (κ2) is 6.71. The maximum Gasteiger partial charge on any atom is 0.251 e. The lowest BCUT2D eigenvalue weighted by Crippen LogP contribution is -2.22. The highest BCUT2D eigenvalue weighted by Crippen LogP contribution is 2.23. The summed E-state index contributed by atoms with van der Waals surface area (Å²) >= 11 is 5.88. The zero-order chi connectivity index (χ0) is 16.2. The number of furan rings is 1. The molecule has 1 heterocycles. The van der Waals surface area contributed by atoms with Gasteiger partial charge in [-0.15, -0.1) is 0 Å². The molecule has 0 atom stereocenters. The molecule has 3 nitrogen and oxygen atoms in total. The molecule has 1 aromatic heterocycles. The Balaban J connectivity index is 1.64. The quantitative estimate of drug-likeness (QED) is 0.746. The lowest BCUT2D eigenvalue weighted by atomic mass is 10.1. The standard InChI is InChI=1S/C19H16ClNO2/c1-13-2-4-15(5-3-13)19(22)21-12-17-10-11-18(23-17)14-6-8-16(20)9-7-14/h2-11H,12H2,1H3,(H,21,22). The van der Waals surface area contributed by atoms with Crippen LogP contribution in [0.4, 0.5) is 0 Å². The molecule has 0 saturated carbocycles. The summed E-state index contributed by atoms with van der Waals surface area (Å²) in [5.41, 5.74) is 2.71. The van der Waals surface area contributed by atoms with Crippen LogP contribution in [0, 0.1) is 6.92 Å². The molecule has 0 unspecified atom stereocenters. The Morgan fingerprint density at radius 2 is 1.70 bits per heavy atom. The zero-order valence-electron chi connectivity index (χ0n) is 12.7. The summed E-state index contributed by atoms with van der Waals surface area (Å²) in [5.74, 6) is 1.34. The molecule has 1 N–H and O–H groups in total. The molecule has 3 aromatic rings. The number of hydrogen-bond acceptors (Lipinski definition) is 2. The summed E-state index contributed by atoms with van der Waals surface area (Å²) < 4.78 is 5.76. The van der Waals surface area contributed by atoms with E-state index in [9.17, 15) is 4.79 Å². The molecule has 1 amide bonds. The van der Waals surface area contributed by atoms with Gasteiger partial charge in [-0.1, -0.05) is 29.3 Å². The van der Waals surface area contributed by atoms with Crippen molar-refractivity contribution in [2.45, 2.75) is 13.5 Å². The van der Waals surface area contributed by atoms with Crippen LogP contribution < -0.4 is 5.32 Å². The van der Waals surface area contributed by atoms with Gasteiger partial charge >= 0.3 is 0 Å². The minimum atomic E-state index is -0.116. The summed E-state index contributed by atoms with van der Waals surface area (Å²) in [7, 11) is 0. The van der Waals surface area contributed by atoms with E-state index in [0.29, 0.717) is 22.9 Å². The number of hydrogen-bond donors (Lipinski definition) is 1. The fourth-order valence-electron chi connectivity index (χ4n) is 2.22. The Morgan fingerprint density at radius 1 is 1.00 bits per heavy atom. The van der Waals surface area contributed by atoms with Crippen LogP contribution in [0.15, 0.2) is 65.1 Å². The van der Waals surface area contributed by atoms with Gasteiger partial charge in [0.25, 0.3) is 5.91 Å². The van der Waals surface area contributed by atoms with Crippen molar-refractivity contribution in [3.8, 4) is 11.3 Å². The van der Waals surface area contributed by atoms with Crippen molar-refractivity contribution in [1.29, 1.82) is 0 Å². The van der Waals surface area contributed by atoms with Crippen molar-refractivity contribution in [2.75, 3.05) is 0 Å². The van der Waals surface area contributed by atoms with Crippen LogP contribution in [0.2, 0.25) is 5.02 Å². The second-order valence-corrected chi connectivity index (χ2v) is 5.76. The van der Waals surface area contributed by atoms with Gasteiger partial charge in [-0.3, -0.25) is 4.79 Å². The Hall–Kier alpha value is -2.52. The highest BCUT2D eigenvalue weighted by atomic mass is 35.5. The van der Waals surface area contributed by atoms with Crippen LogP contribution in [0.5, 0.6) is 0 Å². The Morgan fingerprint density at radius 3 is 2.39 bits per heavy atom. The van der Waals surface area contributed by atoms with Crippen molar-refractivity contribution in [2.24, 2.45) is 0 Å². The topological polar surface area (TPSA) is 42.2 Å². The number of halogens is 1. The van der Waals surface area contributed by atoms with E-state index in [1.54, 1.807) is 0 Å². The summed E-state index contributed by atoms with van der Waals surface area (Å²) in [5, 5.41) is 3.54. The summed E-state index contributed by atoms with van der Waals surface area (Å²) in [6.07, 6.45) is 0. The smallest absolute Gasteiger partial charge is 0.251 e. The van der Waals surface area contributed by atoms with E-state index in [1.807, 2.05) is 67.6 Å². The van der Waals surface area contributed by atoms with Gasteiger partial charge in [-0.05, 0) is 55.5 Å². The molecule has 0 fully saturated rings. The molecule has 0 aliphatic carbocycles. The minimum Gasteiger partial charge on any atom is -0.459 e. The molecule has 0 bridgehead atoms. The third kappa shape index (κ3) is 3.82. The van der Waals surface area contributed by atoms with Gasteiger partial charge in [0.2, 0.25) is 0 Å². The van der Waals surface area contributed by atoms with Crippen molar-refractivity contribution >= 4 is 17.5 Å². The lowest BCUT2D eigenvalue weighted by molar-refractivity contribution is 0.0948. The third-order valence-corrected chi connectivity index (χ3v) is 3.78. The minimum absolute atomic E-state index is 0.116. The maximum absolute atomic E-state index is 12.1. The van der Waals surface area contributed by atoms with Crippen LogP contribution in [-0.2, 0) is 6.54 Å². The Labute approximate surface area is 139 Å². The van der Waals surface area contributed by atoms with Crippen molar-refractivity contribution < 1.29 is 9.21 Å². The predicted octanol–water partition coefficient (Wildman–Crippen LogP) is 4.84. The van der Waals surface area contributed by atoms with E-state index in [0.717, 1.165) is 16.9 Å². The molecule has 116 valence electrons. The van der Waals surface area contributed by atoms with E-state index >= 15 is 0 Å². The number of carbonyl (C=O) groups excluding carboxylic acids is 1. The molecule has 0 saturated heterocycles. The highest BCUT2D eigenvalue weighted by Gasteiger charge is 2.08. The summed E-state index contributed by atoms with van der Waals surface area (Å²) in [4.78, 5) is 12.1. The number of aryl methyl sites for hydroxylation is 1. The largest absolute Gasteiger partial charge is 0.459 e. The van der Waals surface area contributed by atoms with Gasteiger partial charge in [0.1, 0.15) is 11.5 Å². The summed E-state index contributed by atoms with van der Waals surface area (Å²) in [6, 6.07) is 18.6. The van der Waals surface area contributed by atoms with E-state index in [-0.39, 0.29) is 5.91 Å². The second-order valence-electron chi connectivity index (χ2n) is 5.32. The number of benzene rings is 2. The van der Waals surface area contributed by atoms with E-state index < -0.39 is 0 Å². The monoisotopic (exact) mass is 325 g/mol. The maximum atomic E-state index is 12.1. The van der Waals surface area contributed by atoms with Crippen molar-refractivity contribution in [3.63, 3.8) is 0 Å². The van der Waals surface area contributed by atoms with Gasteiger partial charge in [0, 0.05) is 16.1 Å². The van der Waals surface area contributed by atoms with Crippen LogP contribution >= 0.6 is 11.6 Å². The number of carbonyl (C=O) groups is 1. The fourth-order valence-corrected chi connectivity index (χ4v) is 2.34. The molecule has 0 aliphatic heterocycles. The number of amides is 1. The van der Waals surface area contributed by atoms with Crippen molar-refractivity contribution in [1.82, 2.24) is 5.32 Å². The molecule has 23 heavy (non-hydrogen) atoms. The first-order valence-corrected chi connectivity index (χ1v) is 7.69. The van der Waals surface area contributed by atoms with Gasteiger partial charge < -0.3 is 9.73 Å². The van der Waals surface area contributed by atoms with E-state index in [2.05, 4.69) is 5.32 Å². The van der Waals surface area contributed by atoms with Crippen LogP contribution in [-0.4, -0.2) is 5.91 Å². The molecule has 2 aromatic carbocycles. The molecular weight excluding hydrogens is 310 g/mol. The van der Waals surface area contributed by atoms with Gasteiger partial charge in [0.05, 0.1) is 6.54 Å². The van der Waals surface area contributed by atoms with Gasteiger partial charge in [0.15, 0.2) is 0 Å². The fraction of sp³-hybridized carbons (Fsp3) is 0.105. The van der Waals surface area contributed by atoms with Crippen LogP contribution in [0.1, 0.15) is 21.7 Å². The van der Waals surface area contributed by atoms with Gasteiger partial charge in [-0.25, -0.2) is 0 Å². The number of nitrogens with one attached hydrogen (secondary N) is 1. The first-order chi connectivity index (χ1) is 11.1. The molecule has 0 radical (unpaired) electrons. The normalized spacial score (nSPS) is 10.5.